The zero-order chi connectivity index (χ0) is 33.3. The van der Waals surface area contributed by atoms with Crippen LogP contribution in [0.15, 0.2) is 65.7 Å². The van der Waals surface area contributed by atoms with Crippen molar-refractivity contribution in [3.8, 4) is 5.75 Å². The molecule has 1 aliphatic rings. The van der Waals surface area contributed by atoms with Crippen molar-refractivity contribution in [2.24, 2.45) is 0 Å². The average molecular weight is 654 g/mol. The quantitative estimate of drug-likeness (QED) is 0.212. The molecule has 1 aliphatic heterocycles. The van der Waals surface area contributed by atoms with Crippen molar-refractivity contribution < 1.29 is 36.6 Å². The molecular weight excluding hydrogens is 620 g/mol. The monoisotopic (exact) mass is 653 g/mol. The van der Waals surface area contributed by atoms with E-state index in [1.165, 1.54) is 50.4 Å². The smallest absolute Gasteiger partial charge is 0.411 e. The largest absolute Gasteiger partial charge is 0.494 e. The molecule has 5 rings (SSSR count). The number of carbonyl (C=O) groups is 2. The first kappa shape index (κ1) is 32.4. The molecule has 0 unspecified atom stereocenters. The fourth-order valence-electron chi connectivity index (χ4n) is 5.73. The number of nitrogens with two attached hydrogens (primary N) is 1. The lowest BCUT2D eigenvalue weighted by Crippen LogP contribution is -2.38. The van der Waals surface area contributed by atoms with Crippen molar-refractivity contribution in [1.29, 1.82) is 0 Å². The van der Waals surface area contributed by atoms with Gasteiger partial charge in [-0.25, -0.2) is 27.0 Å². The first-order valence-corrected chi connectivity index (χ1v) is 16.1. The highest BCUT2D eigenvalue weighted by Crippen LogP contribution is 2.41. The van der Waals surface area contributed by atoms with Gasteiger partial charge in [-0.3, -0.25) is 9.69 Å². The van der Waals surface area contributed by atoms with Gasteiger partial charge in [-0.1, -0.05) is 6.92 Å². The minimum Gasteiger partial charge on any atom is -0.494 e. The standard InChI is InChI=1S/C32H33F2N5O6S/c1-4-46(43,44)28-10-8-20(38(2)32(41)42)15-23(28)26-6-5-13-39(26)31(40)29(22-16-27(45-3)25(34)17-24(22)33)37-19-7-9-21-18(14-19)11-12-36-30(21)35/h7-12,14-17,26,29,37H,4-6,13H2,1-3H3,(H2,35,36)(H,41,42)/t26-,29+/m1/s1. The van der Waals surface area contributed by atoms with Crippen LogP contribution in [0.5, 0.6) is 5.75 Å². The first-order chi connectivity index (χ1) is 21.9. The number of nitrogens with one attached hydrogen (secondary N) is 1. The fourth-order valence-corrected chi connectivity index (χ4v) is 6.87. The van der Waals surface area contributed by atoms with E-state index in [1.807, 2.05) is 0 Å². The van der Waals surface area contributed by atoms with E-state index in [4.69, 9.17) is 10.5 Å². The van der Waals surface area contributed by atoms with Crippen LogP contribution in [0.4, 0.5) is 30.8 Å². The molecule has 0 saturated carbocycles. The van der Waals surface area contributed by atoms with E-state index in [2.05, 4.69) is 10.3 Å². The number of nitrogen functional groups attached to an aromatic ring is 1. The van der Waals surface area contributed by atoms with Crippen LogP contribution in [0.1, 0.15) is 43.0 Å². The number of pyridine rings is 1. The average Bonchev–Trinajstić information content (AvgIpc) is 3.53. The van der Waals surface area contributed by atoms with E-state index in [0.717, 1.165) is 11.0 Å². The number of ether oxygens (including phenoxy) is 1. The van der Waals surface area contributed by atoms with Crippen molar-refractivity contribution in [3.63, 3.8) is 0 Å². The number of hydrogen-bond acceptors (Lipinski definition) is 8. The number of likely N-dealkylation sites (tertiary alicyclic amines) is 1. The Morgan fingerprint density at radius 2 is 1.91 bits per heavy atom. The minimum absolute atomic E-state index is 0.0258. The van der Waals surface area contributed by atoms with Gasteiger partial charge in [-0.15, -0.1) is 0 Å². The lowest BCUT2D eigenvalue weighted by Gasteiger charge is -2.32. The van der Waals surface area contributed by atoms with Gasteiger partial charge in [-0.2, -0.15) is 0 Å². The molecule has 0 bridgehead atoms. The number of nitrogens with zero attached hydrogens (tertiary/aromatic N) is 3. The molecule has 1 fully saturated rings. The number of aromatic nitrogens is 1. The number of rotatable bonds is 9. The SMILES string of the molecule is CCS(=O)(=O)c1ccc(N(C)C(=O)O)cc1[C@H]1CCCN1C(=O)[C@@H](Nc1ccc2c(N)nccc2c1)c1cc(OC)c(F)cc1F. The maximum atomic E-state index is 15.5. The molecule has 2 amide bonds. The van der Waals surface area contributed by atoms with Gasteiger partial charge in [0.1, 0.15) is 17.7 Å². The number of methoxy groups -OCH3 is 1. The number of anilines is 3. The van der Waals surface area contributed by atoms with Crippen molar-refractivity contribution >= 4 is 49.8 Å². The zero-order valence-electron chi connectivity index (χ0n) is 25.3. The molecule has 46 heavy (non-hydrogen) atoms. The molecule has 14 heteroatoms. The molecule has 0 radical (unpaired) electrons. The van der Waals surface area contributed by atoms with Crippen molar-refractivity contribution in [3.05, 3.63) is 83.6 Å². The lowest BCUT2D eigenvalue weighted by molar-refractivity contribution is -0.133. The van der Waals surface area contributed by atoms with Gasteiger partial charge in [0.2, 0.25) is 5.91 Å². The molecule has 4 aromatic rings. The minimum atomic E-state index is -3.80. The normalized spacial score (nSPS) is 15.5. The highest BCUT2D eigenvalue weighted by Gasteiger charge is 2.38. The zero-order valence-corrected chi connectivity index (χ0v) is 26.1. The summed E-state index contributed by atoms with van der Waals surface area (Å²) in [5.41, 5.74) is 6.70. The number of hydrogen-bond donors (Lipinski definition) is 3. The molecule has 3 aromatic carbocycles. The highest BCUT2D eigenvalue weighted by atomic mass is 32.2. The molecular formula is C32H33F2N5O6S. The molecule has 11 nitrogen and oxygen atoms in total. The van der Waals surface area contributed by atoms with E-state index < -0.39 is 45.6 Å². The molecule has 0 aliphatic carbocycles. The van der Waals surface area contributed by atoms with Gasteiger partial charge in [-0.05, 0) is 72.3 Å². The molecule has 2 heterocycles. The van der Waals surface area contributed by atoms with Gasteiger partial charge < -0.3 is 25.8 Å². The predicted octanol–water partition coefficient (Wildman–Crippen LogP) is 5.53. The summed E-state index contributed by atoms with van der Waals surface area (Å²) in [6, 6.07) is 10.6. The number of carboxylic acid groups (broad SMARTS) is 1. The Labute approximate surface area is 264 Å². The van der Waals surface area contributed by atoms with Crippen molar-refractivity contribution in [1.82, 2.24) is 9.88 Å². The Hall–Kier alpha value is -4.98. The number of sulfone groups is 1. The molecule has 4 N–H and O–H groups in total. The topological polar surface area (TPSA) is 155 Å². The van der Waals surface area contributed by atoms with Crippen LogP contribution in [0.2, 0.25) is 0 Å². The second-order valence-corrected chi connectivity index (χ2v) is 13.1. The summed E-state index contributed by atoms with van der Waals surface area (Å²) in [4.78, 5) is 32.7. The number of benzene rings is 3. The number of amides is 2. The van der Waals surface area contributed by atoms with E-state index in [-0.39, 0.29) is 39.8 Å². The number of carbonyl (C=O) groups excluding carboxylic acids is 1. The van der Waals surface area contributed by atoms with Crippen LogP contribution < -0.4 is 20.7 Å². The third-order valence-electron chi connectivity index (χ3n) is 8.21. The summed E-state index contributed by atoms with van der Waals surface area (Å²) in [6.45, 7) is 1.69. The molecule has 242 valence electrons. The summed E-state index contributed by atoms with van der Waals surface area (Å²) < 4.78 is 61.4. The lowest BCUT2D eigenvalue weighted by atomic mass is 10.00. The second-order valence-electron chi connectivity index (χ2n) is 10.9. The number of halogens is 2. The third-order valence-corrected chi connectivity index (χ3v) is 10.0. The van der Waals surface area contributed by atoms with Crippen LogP contribution in [0.3, 0.4) is 0 Å². The van der Waals surface area contributed by atoms with Crippen LogP contribution in [-0.2, 0) is 14.6 Å². The van der Waals surface area contributed by atoms with Crippen molar-refractivity contribution in [2.75, 3.05) is 42.4 Å². The van der Waals surface area contributed by atoms with Gasteiger partial charge in [0.25, 0.3) is 0 Å². The highest BCUT2D eigenvalue weighted by molar-refractivity contribution is 7.91. The first-order valence-electron chi connectivity index (χ1n) is 14.4. The number of fused-ring (bicyclic) bond motifs is 1. The van der Waals surface area contributed by atoms with Gasteiger partial charge in [0.05, 0.1) is 23.8 Å². The summed E-state index contributed by atoms with van der Waals surface area (Å²) in [5, 5.41) is 14.0. The van der Waals surface area contributed by atoms with Gasteiger partial charge in [0.15, 0.2) is 21.4 Å². The van der Waals surface area contributed by atoms with Gasteiger partial charge in [0, 0.05) is 48.2 Å². The third kappa shape index (κ3) is 6.12. The Kier molecular flexibility index (Phi) is 9.01. The Balaban J connectivity index is 1.63. The second kappa shape index (κ2) is 12.8. The van der Waals surface area contributed by atoms with Crippen molar-refractivity contribution in [2.45, 2.75) is 36.7 Å². The van der Waals surface area contributed by atoms with E-state index in [9.17, 15) is 27.5 Å². The molecule has 0 spiro atoms. The van der Waals surface area contributed by atoms with Crippen LogP contribution in [-0.4, -0.2) is 61.9 Å². The molecule has 1 aromatic heterocycles. The predicted molar refractivity (Wildman–Crippen MR) is 170 cm³/mol. The maximum absolute atomic E-state index is 15.5. The fraction of sp³-hybridized carbons (Fsp3) is 0.281. The Morgan fingerprint density at radius 1 is 1.15 bits per heavy atom. The summed E-state index contributed by atoms with van der Waals surface area (Å²) in [6.07, 6.45) is 1.13. The Morgan fingerprint density at radius 3 is 2.61 bits per heavy atom. The summed E-state index contributed by atoms with van der Waals surface area (Å²) in [5.74, 6) is -2.74. The van der Waals surface area contributed by atoms with Crippen LogP contribution >= 0.6 is 0 Å². The van der Waals surface area contributed by atoms with Crippen LogP contribution in [0, 0.1) is 11.6 Å². The van der Waals surface area contributed by atoms with Crippen LogP contribution in [0.25, 0.3) is 10.8 Å². The van der Waals surface area contributed by atoms with Gasteiger partial charge >= 0.3 is 6.09 Å². The summed E-state index contributed by atoms with van der Waals surface area (Å²) in [7, 11) is -1.25. The molecule has 1 saturated heterocycles. The summed E-state index contributed by atoms with van der Waals surface area (Å²) >= 11 is 0. The van der Waals surface area contributed by atoms with E-state index in [0.29, 0.717) is 41.2 Å². The Bertz CT molecular complexity index is 1940. The van der Waals surface area contributed by atoms with E-state index in [1.54, 1.807) is 24.3 Å². The van der Waals surface area contributed by atoms with E-state index >= 15 is 4.39 Å². The maximum Gasteiger partial charge on any atom is 0.411 e. The molecule has 2 atom stereocenters.